The zero-order valence-corrected chi connectivity index (χ0v) is 16.0. The lowest BCUT2D eigenvalue weighted by Crippen LogP contribution is -2.40. The molecular formula is C15H25ClN4O4S. The van der Waals surface area contributed by atoms with Crippen molar-refractivity contribution >= 4 is 39.7 Å². The normalized spacial score (nSPS) is 16.6. The third kappa shape index (κ3) is 5.29. The number of nitrogens with one attached hydrogen (secondary N) is 2. The lowest BCUT2D eigenvalue weighted by atomic mass is 10.2. The maximum absolute atomic E-state index is 12.7. The van der Waals surface area contributed by atoms with E-state index in [-0.39, 0.29) is 23.2 Å². The number of anilines is 2. The molecule has 1 saturated heterocycles. The van der Waals surface area contributed by atoms with E-state index in [2.05, 4.69) is 10.6 Å². The summed E-state index contributed by atoms with van der Waals surface area (Å²) < 4.78 is 32.1. The van der Waals surface area contributed by atoms with Gasteiger partial charge >= 0.3 is 0 Å². The van der Waals surface area contributed by atoms with Gasteiger partial charge in [-0.2, -0.15) is 4.31 Å². The Morgan fingerprint density at radius 3 is 2.52 bits per heavy atom. The molecule has 1 aromatic rings. The molecule has 142 valence electrons. The first-order valence-corrected chi connectivity index (χ1v) is 9.32. The van der Waals surface area contributed by atoms with E-state index in [1.54, 1.807) is 13.0 Å². The molecule has 8 nitrogen and oxygen atoms in total. The van der Waals surface area contributed by atoms with Gasteiger partial charge in [-0.05, 0) is 32.0 Å². The average molecular weight is 393 g/mol. The van der Waals surface area contributed by atoms with Crippen molar-refractivity contribution in [1.29, 1.82) is 0 Å². The van der Waals surface area contributed by atoms with Gasteiger partial charge in [0.25, 0.3) is 0 Å². The fourth-order valence-electron chi connectivity index (χ4n) is 2.31. The number of halogens is 1. The number of hydrogen-bond donors (Lipinski definition) is 3. The maximum Gasteiger partial charge on any atom is 0.243 e. The molecule has 0 radical (unpaired) electrons. The van der Waals surface area contributed by atoms with Crippen LogP contribution in [0.3, 0.4) is 0 Å². The quantitative estimate of drug-likeness (QED) is 0.661. The van der Waals surface area contributed by atoms with Crippen LogP contribution in [-0.2, 0) is 19.6 Å². The molecule has 0 bridgehead atoms. The van der Waals surface area contributed by atoms with Crippen LogP contribution in [0.2, 0.25) is 0 Å². The highest BCUT2D eigenvalue weighted by Crippen LogP contribution is 2.27. The Kier molecular flexibility index (Phi) is 8.10. The largest absolute Gasteiger partial charge is 0.384 e. The smallest absolute Gasteiger partial charge is 0.243 e. The topological polar surface area (TPSA) is 114 Å². The summed E-state index contributed by atoms with van der Waals surface area (Å²) in [5.74, 6) is -0.380. The molecular weight excluding hydrogens is 368 g/mol. The summed E-state index contributed by atoms with van der Waals surface area (Å²) >= 11 is 0. The van der Waals surface area contributed by atoms with E-state index in [4.69, 9.17) is 10.5 Å². The van der Waals surface area contributed by atoms with Crippen molar-refractivity contribution in [3.05, 3.63) is 18.2 Å². The number of amides is 1. The molecule has 1 heterocycles. The molecule has 10 heteroatoms. The summed E-state index contributed by atoms with van der Waals surface area (Å²) in [5, 5.41) is 5.77. The molecule has 1 aromatic carbocycles. The summed E-state index contributed by atoms with van der Waals surface area (Å²) in [6.07, 6.45) is 0. The highest BCUT2D eigenvalue weighted by Gasteiger charge is 2.27. The number of morpholine rings is 1. The predicted octanol–water partition coefficient (Wildman–Crippen LogP) is 0.847. The molecule has 1 aliphatic rings. The summed E-state index contributed by atoms with van der Waals surface area (Å²) in [5.41, 5.74) is 6.62. The van der Waals surface area contributed by atoms with E-state index in [1.165, 1.54) is 16.4 Å². The minimum atomic E-state index is -3.63. The lowest BCUT2D eigenvalue weighted by molar-refractivity contribution is -0.117. The van der Waals surface area contributed by atoms with Crippen molar-refractivity contribution in [2.45, 2.75) is 24.8 Å². The van der Waals surface area contributed by atoms with E-state index in [9.17, 15) is 13.2 Å². The van der Waals surface area contributed by atoms with Crippen LogP contribution in [0.1, 0.15) is 13.8 Å². The van der Waals surface area contributed by atoms with Crippen LogP contribution in [0.4, 0.5) is 11.4 Å². The third-order valence-corrected chi connectivity index (χ3v) is 5.53. The van der Waals surface area contributed by atoms with Crippen molar-refractivity contribution in [3.63, 3.8) is 0 Å². The fraction of sp³-hybridized carbons (Fsp3) is 0.533. The molecule has 0 aromatic heterocycles. The number of rotatable bonds is 6. The predicted molar refractivity (Wildman–Crippen MR) is 99.7 cm³/mol. The molecule has 0 saturated carbocycles. The summed E-state index contributed by atoms with van der Waals surface area (Å²) in [4.78, 5) is 12.0. The number of ether oxygens (including phenoxy) is 1. The van der Waals surface area contributed by atoms with Crippen LogP contribution in [0, 0.1) is 0 Å². The number of carbonyl (C=O) groups excluding carboxylic acids is 1. The van der Waals surface area contributed by atoms with Crippen molar-refractivity contribution in [2.24, 2.45) is 5.73 Å². The molecule has 1 fully saturated rings. The van der Waals surface area contributed by atoms with Crippen LogP contribution in [0.25, 0.3) is 0 Å². The summed E-state index contributed by atoms with van der Waals surface area (Å²) in [6.45, 7) is 5.51. The molecule has 2 rings (SSSR count). The van der Waals surface area contributed by atoms with E-state index in [1.807, 2.05) is 6.92 Å². The van der Waals surface area contributed by atoms with Crippen molar-refractivity contribution in [1.82, 2.24) is 4.31 Å². The number of carbonyl (C=O) groups is 1. The second-order valence-electron chi connectivity index (χ2n) is 5.53. The second-order valence-corrected chi connectivity index (χ2v) is 7.47. The van der Waals surface area contributed by atoms with Crippen LogP contribution in [0.5, 0.6) is 0 Å². The number of benzene rings is 1. The molecule has 4 N–H and O–H groups in total. The van der Waals surface area contributed by atoms with Crippen LogP contribution in [0.15, 0.2) is 23.1 Å². The molecule has 0 unspecified atom stereocenters. The van der Waals surface area contributed by atoms with E-state index < -0.39 is 16.1 Å². The SMILES string of the molecule is CCNc1ccc(S(=O)(=O)N2CCOCC2)cc1NC(=O)[C@H](C)N.Cl. The minimum absolute atomic E-state index is 0. The molecule has 0 aliphatic carbocycles. The zero-order valence-electron chi connectivity index (χ0n) is 14.3. The van der Waals surface area contributed by atoms with Gasteiger partial charge in [0, 0.05) is 19.6 Å². The van der Waals surface area contributed by atoms with Gasteiger partial charge in [0.05, 0.1) is 35.5 Å². The second kappa shape index (κ2) is 9.35. The Balaban J connectivity index is 0.00000312. The summed E-state index contributed by atoms with van der Waals surface area (Å²) in [6, 6.07) is 3.94. The van der Waals surface area contributed by atoms with Gasteiger partial charge in [-0.15, -0.1) is 12.4 Å². The van der Waals surface area contributed by atoms with Crippen molar-refractivity contribution in [2.75, 3.05) is 43.5 Å². The fourth-order valence-corrected chi connectivity index (χ4v) is 3.75. The first-order chi connectivity index (χ1) is 11.4. The Morgan fingerprint density at radius 2 is 1.96 bits per heavy atom. The Morgan fingerprint density at radius 1 is 1.32 bits per heavy atom. The average Bonchev–Trinajstić information content (AvgIpc) is 2.57. The van der Waals surface area contributed by atoms with Gasteiger partial charge in [-0.3, -0.25) is 4.79 Å². The molecule has 0 spiro atoms. The third-order valence-electron chi connectivity index (χ3n) is 3.64. The zero-order chi connectivity index (χ0) is 17.7. The van der Waals surface area contributed by atoms with Crippen LogP contribution >= 0.6 is 12.4 Å². The number of nitrogens with zero attached hydrogens (tertiary/aromatic N) is 1. The van der Waals surface area contributed by atoms with E-state index >= 15 is 0 Å². The van der Waals surface area contributed by atoms with E-state index in [0.717, 1.165) is 0 Å². The maximum atomic E-state index is 12.7. The van der Waals surface area contributed by atoms with Gasteiger partial charge in [0.1, 0.15) is 0 Å². The minimum Gasteiger partial charge on any atom is -0.384 e. The number of sulfonamides is 1. The molecule has 1 atom stereocenters. The molecule has 1 aliphatic heterocycles. The van der Waals surface area contributed by atoms with Crippen LogP contribution < -0.4 is 16.4 Å². The van der Waals surface area contributed by atoms with Crippen LogP contribution in [-0.4, -0.2) is 57.5 Å². The number of nitrogens with two attached hydrogens (primary N) is 1. The van der Waals surface area contributed by atoms with Crippen molar-refractivity contribution in [3.8, 4) is 0 Å². The van der Waals surface area contributed by atoms with Gasteiger partial charge in [-0.25, -0.2) is 8.42 Å². The molecule has 25 heavy (non-hydrogen) atoms. The monoisotopic (exact) mass is 392 g/mol. The molecule has 1 amide bonds. The van der Waals surface area contributed by atoms with E-state index in [0.29, 0.717) is 44.2 Å². The van der Waals surface area contributed by atoms with Gasteiger partial charge in [-0.1, -0.05) is 0 Å². The summed E-state index contributed by atoms with van der Waals surface area (Å²) in [7, 11) is -3.63. The lowest BCUT2D eigenvalue weighted by Gasteiger charge is -2.26. The van der Waals surface area contributed by atoms with Crippen molar-refractivity contribution < 1.29 is 17.9 Å². The highest BCUT2D eigenvalue weighted by molar-refractivity contribution is 7.89. The Labute approximate surface area is 154 Å². The first kappa shape index (κ1) is 21.7. The van der Waals surface area contributed by atoms with Gasteiger partial charge < -0.3 is 21.1 Å². The standard InChI is InChI=1S/C15H24N4O4S.ClH/c1-3-17-13-5-4-12(10-14(13)18-15(20)11(2)16)24(21,22)19-6-8-23-9-7-19;/h4-5,10-11,17H,3,6-9,16H2,1-2H3,(H,18,20);1H/t11-;/m0./s1. The number of hydrogen-bond acceptors (Lipinski definition) is 6. The highest BCUT2D eigenvalue weighted by atomic mass is 35.5. The Hall–Kier alpha value is -1.39. The van der Waals surface area contributed by atoms with Gasteiger partial charge in [0.15, 0.2) is 0 Å². The first-order valence-electron chi connectivity index (χ1n) is 7.88. The van der Waals surface area contributed by atoms with Gasteiger partial charge in [0.2, 0.25) is 15.9 Å². The Bertz CT molecular complexity index is 691.